The Bertz CT molecular complexity index is 751. The molecule has 1 atom stereocenters. The Hall–Kier alpha value is -2.58. The molecule has 28 heavy (non-hydrogen) atoms. The van der Waals surface area contributed by atoms with Crippen LogP contribution in [0.15, 0.2) is 23.8 Å². The maximum absolute atomic E-state index is 13.0. The van der Waals surface area contributed by atoms with Crippen molar-refractivity contribution in [2.45, 2.75) is 27.1 Å². The van der Waals surface area contributed by atoms with Crippen LogP contribution in [0.25, 0.3) is 6.08 Å². The van der Waals surface area contributed by atoms with Gasteiger partial charge in [-0.3, -0.25) is 9.59 Å². The van der Waals surface area contributed by atoms with E-state index in [0.717, 1.165) is 5.56 Å². The van der Waals surface area contributed by atoms with Crippen LogP contribution in [0, 0.1) is 5.41 Å². The Kier molecular flexibility index (Phi) is 6.21. The molecule has 1 aromatic rings. The fourth-order valence-electron chi connectivity index (χ4n) is 3.27. The molecular weight excluding hydrogens is 368 g/mol. The van der Waals surface area contributed by atoms with Crippen LogP contribution in [0.1, 0.15) is 26.3 Å². The first-order valence-corrected chi connectivity index (χ1v) is 9.26. The number of rotatable bonds is 7. The van der Waals surface area contributed by atoms with Crippen molar-refractivity contribution in [2.24, 2.45) is 5.41 Å². The van der Waals surface area contributed by atoms with Gasteiger partial charge in [-0.25, -0.2) is 0 Å². The number of hydrogen-bond donors (Lipinski definition) is 0. The standard InChI is InChI=1S/C20H24O8/c1-4-23-17(21)20(18(22)24-5-2)14(11-26-19(20)25-6-3)9-13-7-8-15-16(10-13)28-12-27-15/h7-10,19H,4-6,11-12H2,1-3H3/b14-9+. The van der Waals surface area contributed by atoms with E-state index >= 15 is 0 Å². The van der Waals surface area contributed by atoms with Crippen LogP contribution in [-0.4, -0.2) is 51.4 Å². The minimum Gasteiger partial charge on any atom is -0.465 e. The lowest BCUT2D eigenvalue weighted by atomic mass is 9.80. The molecule has 0 aliphatic carbocycles. The maximum atomic E-state index is 13.0. The van der Waals surface area contributed by atoms with E-state index < -0.39 is 23.6 Å². The van der Waals surface area contributed by atoms with Gasteiger partial charge in [-0.1, -0.05) is 12.1 Å². The van der Waals surface area contributed by atoms with Crippen LogP contribution >= 0.6 is 0 Å². The molecule has 0 spiro atoms. The minimum absolute atomic E-state index is 0.0245. The smallest absolute Gasteiger partial charge is 0.333 e. The summed E-state index contributed by atoms with van der Waals surface area (Å²) in [4.78, 5) is 26.0. The van der Waals surface area contributed by atoms with E-state index in [1.165, 1.54) is 0 Å². The van der Waals surface area contributed by atoms with Gasteiger partial charge >= 0.3 is 11.9 Å². The molecule has 0 bridgehead atoms. The van der Waals surface area contributed by atoms with Gasteiger partial charge in [-0.15, -0.1) is 0 Å². The van der Waals surface area contributed by atoms with Gasteiger partial charge in [-0.2, -0.15) is 0 Å². The van der Waals surface area contributed by atoms with Gasteiger partial charge in [-0.05, 0) is 44.0 Å². The fourth-order valence-corrected chi connectivity index (χ4v) is 3.27. The quantitative estimate of drug-likeness (QED) is 0.516. The summed E-state index contributed by atoms with van der Waals surface area (Å²) < 4.78 is 32.4. The summed E-state index contributed by atoms with van der Waals surface area (Å²) in [5, 5.41) is 0. The third kappa shape index (κ3) is 3.45. The Morgan fingerprint density at radius 1 is 1.07 bits per heavy atom. The second-order valence-electron chi connectivity index (χ2n) is 6.13. The number of carbonyl (C=O) groups is 2. The lowest BCUT2D eigenvalue weighted by molar-refractivity contribution is -0.200. The average molecular weight is 392 g/mol. The highest BCUT2D eigenvalue weighted by Gasteiger charge is 2.63. The maximum Gasteiger partial charge on any atom is 0.333 e. The van der Waals surface area contributed by atoms with Crippen LogP contribution in [0.2, 0.25) is 0 Å². The van der Waals surface area contributed by atoms with Crippen molar-refractivity contribution in [3.05, 3.63) is 29.3 Å². The van der Waals surface area contributed by atoms with E-state index in [0.29, 0.717) is 17.1 Å². The SMILES string of the molecule is CCOC(=O)C1(C(=O)OCC)/C(=C/c2ccc3c(c2)OCO3)COC1OCC. The van der Waals surface area contributed by atoms with Crippen molar-refractivity contribution in [3.63, 3.8) is 0 Å². The molecule has 1 saturated heterocycles. The summed E-state index contributed by atoms with van der Waals surface area (Å²) in [6, 6.07) is 5.33. The number of esters is 2. The van der Waals surface area contributed by atoms with Gasteiger partial charge < -0.3 is 28.4 Å². The van der Waals surface area contributed by atoms with Gasteiger partial charge in [0.1, 0.15) is 0 Å². The van der Waals surface area contributed by atoms with E-state index in [4.69, 9.17) is 28.4 Å². The van der Waals surface area contributed by atoms with Crippen molar-refractivity contribution in [3.8, 4) is 11.5 Å². The van der Waals surface area contributed by atoms with Crippen LogP contribution < -0.4 is 9.47 Å². The molecule has 0 amide bonds. The number of hydrogen-bond acceptors (Lipinski definition) is 8. The largest absolute Gasteiger partial charge is 0.465 e. The first-order chi connectivity index (χ1) is 13.6. The van der Waals surface area contributed by atoms with Gasteiger partial charge in [0.15, 0.2) is 17.8 Å². The summed E-state index contributed by atoms with van der Waals surface area (Å²) in [6.45, 7) is 5.74. The van der Waals surface area contributed by atoms with Gasteiger partial charge in [0.2, 0.25) is 12.2 Å². The molecule has 1 unspecified atom stereocenters. The number of ether oxygens (including phenoxy) is 6. The molecule has 8 nitrogen and oxygen atoms in total. The Labute approximate surface area is 163 Å². The fraction of sp³-hybridized carbons (Fsp3) is 0.500. The Morgan fingerprint density at radius 2 is 1.75 bits per heavy atom. The Balaban J connectivity index is 2.08. The molecule has 1 fully saturated rings. The van der Waals surface area contributed by atoms with Gasteiger partial charge in [0.25, 0.3) is 0 Å². The summed E-state index contributed by atoms with van der Waals surface area (Å²) in [5.41, 5.74) is -0.696. The molecule has 1 aromatic carbocycles. The predicted octanol–water partition coefficient (Wildman–Crippen LogP) is 2.30. The monoisotopic (exact) mass is 392 g/mol. The summed E-state index contributed by atoms with van der Waals surface area (Å²) in [6.07, 6.45) is 0.574. The molecule has 0 N–H and O–H groups in total. The molecule has 2 aliphatic rings. The second-order valence-corrected chi connectivity index (χ2v) is 6.13. The second kappa shape index (κ2) is 8.62. The van der Waals surface area contributed by atoms with E-state index in [-0.39, 0.29) is 33.2 Å². The molecule has 2 heterocycles. The number of benzene rings is 1. The van der Waals surface area contributed by atoms with Crippen molar-refractivity contribution in [2.75, 3.05) is 33.2 Å². The van der Waals surface area contributed by atoms with Crippen LogP contribution in [0.5, 0.6) is 11.5 Å². The molecule has 0 saturated carbocycles. The molecule has 3 rings (SSSR count). The van der Waals surface area contributed by atoms with E-state index in [9.17, 15) is 9.59 Å². The molecule has 2 aliphatic heterocycles. The normalized spacial score (nSPS) is 21.0. The highest BCUT2D eigenvalue weighted by atomic mass is 16.7. The van der Waals surface area contributed by atoms with Crippen LogP contribution in [0.4, 0.5) is 0 Å². The zero-order chi connectivity index (χ0) is 20.1. The molecule has 152 valence electrons. The zero-order valence-electron chi connectivity index (χ0n) is 16.2. The number of fused-ring (bicyclic) bond motifs is 1. The topological polar surface area (TPSA) is 89.5 Å². The molecule has 8 heteroatoms. The summed E-state index contributed by atoms with van der Waals surface area (Å²) in [7, 11) is 0. The van der Waals surface area contributed by atoms with Crippen molar-refractivity contribution in [1.82, 2.24) is 0 Å². The third-order valence-corrected chi connectivity index (χ3v) is 4.50. The highest BCUT2D eigenvalue weighted by molar-refractivity contribution is 6.05. The third-order valence-electron chi connectivity index (χ3n) is 4.50. The van der Waals surface area contributed by atoms with E-state index in [1.807, 2.05) is 0 Å². The lowest BCUT2D eigenvalue weighted by Gasteiger charge is -2.30. The van der Waals surface area contributed by atoms with Crippen molar-refractivity contribution < 1.29 is 38.0 Å². The Morgan fingerprint density at radius 3 is 2.39 bits per heavy atom. The lowest BCUT2D eigenvalue weighted by Crippen LogP contribution is -2.50. The van der Waals surface area contributed by atoms with Gasteiger partial charge in [0.05, 0.1) is 19.8 Å². The highest BCUT2D eigenvalue weighted by Crippen LogP contribution is 2.44. The summed E-state index contributed by atoms with van der Waals surface area (Å²) >= 11 is 0. The first kappa shape index (κ1) is 20.2. The number of carbonyl (C=O) groups excluding carboxylic acids is 2. The van der Waals surface area contributed by atoms with Crippen LogP contribution in [0.3, 0.4) is 0 Å². The predicted molar refractivity (Wildman–Crippen MR) is 97.6 cm³/mol. The average Bonchev–Trinajstić information content (AvgIpc) is 3.27. The van der Waals surface area contributed by atoms with Crippen LogP contribution in [-0.2, 0) is 28.5 Å². The molecule has 0 aromatic heterocycles. The minimum atomic E-state index is -1.82. The van der Waals surface area contributed by atoms with Gasteiger partial charge in [0, 0.05) is 6.61 Å². The molecular formula is C20H24O8. The zero-order valence-corrected chi connectivity index (χ0v) is 16.2. The van der Waals surface area contributed by atoms with E-state index in [2.05, 4.69) is 0 Å². The molecule has 0 radical (unpaired) electrons. The van der Waals surface area contributed by atoms with Crippen molar-refractivity contribution >= 4 is 18.0 Å². The first-order valence-electron chi connectivity index (χ1n) is 9.26. The van der Waals surface area contributed by atoms with Crippen molar-refractivity contribution in [1.29, 1.82) is 0 Å². The summed E-state index contributed by atoms with van der Waals surface area (Å²) in [5.74, 6) is -0.278. The van der Waals surface area contributed by atoms with E-state index in [1.54, 1.807) is 45.0 Å².